The second-order valence-corrected chi connectivity index (χ2v) is 7.27. The first-order valence-corrected chi connectivity index (χ1v) is 8.76. The van der Waals surface area contributed by atoms with E-state index in [9.17, 15) is 12.8 Å². The molecule has 2 rings (SSSR count). The standard InChI is InChI=1S/C15H15BrFNO4S/c1-9-4-5-10(16)6-15(9)23(19,20)18-12-8-14(22-3)13(21-2)7-11(12)17/h4-8,18H,1-3H3. The van der Waals surface area contributed by atoms with Crippen LogP contribution in [-0.4, -0.2) is 22.6 Å². The Morgan fingerprint density at radius 1 is 1.09 bits per heavy atom. The molecule has 0 heterocycles. The molecule has 124 valence electrons. The Hall–Kier alpha value is -1.80. The van der Waals surface area contributed by atoms with E-state index in [1.165, 1.54) is 26.4 Å². The van der Waals surface area contributed by atoms with Crippen LogP contribution in [0.5, 0.6) is 11.5 Å². The molecule has 0 fully saturated rings. The minimum absolute atomic E-state index is 0.0565. The third-order valence-corrected chi connectivity index (χ3v) is 5.16. The van der Waals surface area contributed by atoms with Gasteiger partial charge in [0.25, 0.3) is 10.0 Å². The highest BCUT2D eigenvalue weighted by molar-refractivity contribution is 9.10. The highest BCUT2D eigenvalue weighted by atomic mass is 79.9. The Morgan fingerprint density at radius 3 is 2.30 bits per heavy atom. The van der Waals surface area contributed by atoms with Crippen LogP contribution in [0.3, 0.4) is 0 Å². The highest BCUT2D eigenvalue weighted by Gasteiger charge is 2.21. The quantitative estimate of drug-likeness (QED) is 0.825. The van der Waals surface area contributed by atoms with Crippen molar-refractivity contribution in [3.8, 4) is 11.5 Å². The fourth-order valence-electron chi connectivity index (χ4n) is 2.00. The molecule has 0 bridgehead atoms. The third kappa shape index (κ3) is 3.76. The number of anilines is 1. The topological polar surface area (TPSA) is 64.6 Å². The van der Waals surface area contributed by atoms with Crippen LogP contribution >= 0.6 is 15.9 Å². The fraction of sp³-hybridized carbons (Fsp3) is 0.200. The third-order valence-electron chi connectivity index (χ3n) is 3.16. The van der Waals surface area contributed by atoms with Crippen LogP contribution in [0.2, 0.25) is 0 Å². The first-order valence-electron chi connectivity index (χ1n) is 6.49. The van der Waals surface area contributed by atoms with Crippen LogP contribution in [0.1, 0.15) is 5.56 Å². The lowest BCUT2D eigenvalue weighted by molar-refractivity contribution is 0.353. The first kappa shape index (κ1) is 17.6. The maximum Gasteiger partial charge on any atom is 0.262 e. The van der Waals surface area contributed by atoms with Crippen molar-refractivity contribution in [2.24, 2.45) is 0 Å². The lowest BCUT2D eigenvalue weighted by Gasteiger charge is -2.14. The van der Waals surface area contributed by atoms with Gasteiger partial charge in [-0.25, -0.2) is 12.8 Å². The number of nitrogens with one attached hydrogen (secondary N) is 1. The predicted molar refractivity (Wildman–Crippen MR) is 89.2 cm³/mol. The molecule has 0 unspecified atom stereocenters. The maximum absolute atomic E-state index is 14.1. The van der Waals surface area contributed by atoms with Gasteiger partial charge in [0.1, 0.15) is 0 Å². The summed E-state index contributed by atoms with van der Waals surface area (Å²) in [5, 5.41) is 0. The van der Waals surface area contributed by atoms with E-state index in [1.54, 1.807) is 19.1 Å². The minimum Gasteiger partial charge on any atom is -0.493 e. The lowest BCUT2D eigenvalue weighted by atomic mass is 10.2. The summed E-state index contributed by atoms with van der Waals surface area (Å²) < 4.78 is 52.0. The number of hydrogen-bond acceptors (Lipinski definition) is 4. The zero-order valence-electron chi connectivity index (χ0n) is 12.7. The lowest BCUT2D eigenvalue weighted by Crippen LogP contribution is -2.15. The van der Waals surface area contributed by atoms with Crippen molar-refractivity contribution in [2.45, 2.75) is 11.8 Å². The van der Waals surface area contributed by atoms with Gasteiger partial charge in [0.2, 0.25) is 0 Å². The number of halogens is 2. The monoisotopic (exact) mass is 403 g/mol. The number of methoxy groups -OCH3 is 2. The molecule has 23 heavy (non-hydrogen) atoms. The van der Waals surface area contributed by atoms with Crippen molar-refractivity contribution >= 4 is 31.6 Å². The Labute approximate surface area is 142 Å². The van der Waals surface area contributed by atoms with Crippen LogP contribution in [0.25, 0.3) is 0 Å². The van der Waals surface area contributed by atoms with Crippen molar-refractivity contribution in [1.29, 1.82) is 0 Å². The molecule has 0 radical (unpaired) electrons. The maximum atomic E-state index is 14.1. The molecule has 1 N–H and O–H groups in total. The summed E-state index contributed by atoms with van der Waals surface area (Å²) >= 11 is 3.23. The van der Waals surface area contributed by atoms with E-state index in [0.717, 1.165) is 6.07 Å². The van der Waals surface area contributed by atoms with Crippen LogP contribution in [-0.2, 0) is 10.0 Å². The average Bonchev–Trinajstić information content (AvgIpc) is 2.50. The number of benzene rings is 2. The molecule has 2 aromatic rings. The van der Waals surface area contributed by atoms with E-state index < -0.39 is 15.8 Å². The Balaban J connectivity index is 2.47. The van der Waals surface area contributed by atoms with E-state index in [2.05, 4.69) is 20.7 Å². The molecule has 0 saturated carbocycles. The number of aryl methyl sites for hydroxylation is 1. The van der Waals surface area contributed by atoms with Gasteiger partial charge in [0, 0.05) is 16.6 Å². The second-order valence-electron chi connectivity index (χ2n) is 4.70. The summed E-state index contributed by atoms with van der Waals surface area (Å²) in [7, 11) is -1.20. The summed E-state index contributed by atoms with van der Waals surface area (Å²) in [6.07, 6.45) is 0. The van der Waals surface area contributed by atoms with Gasteiger partial charge >= 0.3 is 0 Å². The SMILES string of the molecule is COc1cc(F)c(NS(=O)(=O)c2cc(Br)ccc2C)cc1OC. The van der Waals surface area contributed by atoms with Crippen molar-refractivity contribution in [2.75, 3.05) is 18.9 Å². The molecular weight excluding hydrogens is 389 g/mol. The molecule has 0 aliphatic carbocycles. The average molecular weight is 404 g/mol. The van der Waals surface area contributed by atoms with Gasteiger partial charge in [0.05, 0.1) is 24.8 Å². The Kier molecular flexibility index (Phi) is 5.16. The Bertz CT molecular complexity index is 840. The number of sulfonamides is 1. The van der Waals surface area contributed by atoms with Crippen LogP contribution in [0, 0.1) is 12.7 Å². The molecule has 0 aliphatic rings. The van der Waals surface area contributed by atoms with Crippen LogP contribution in [0.15, 0.2) is 39.7 Å². The molecule has 0 spiro atoms. The number of rotatable bonds is 5. The van der Waals surface area contributed by atoms with Gasteiger partial charge in [-0.3, -0.25) is 4.72 Å². The van der Waals surface area contributed by atoms with Crippen molar-refractivity contribution in [1.82, 2.24) is 0 Å². The van der Waals surface area contributed by atoms with Gasteiger partial charge in [-0.15, -0.1) is 0 Å². The highest BCUT2D eigenvalue weighted by Crippen LogP contribution is 2.33. The first-order chi connectivity index (χ1) is 10.8. The predicted octanol–water partition coefficient (Wildman–Crippen LogP) is 3.71. The summed E-state index contributed by atoms with van der Waals surface area (Å²) in [6, 6.07) is 7.13. The van der Waals surface area contributed by atoms with Crippen molar-refractivity contribution in [3.05, 3.63) is 46.2 Å². The molecule has 0 amide bonds. The minimum atomic E-state index is -3.95. The summed E-state index contributed by atoms with van der Waals surface area (Å²) in [5.74, 6) is -0.372. The number of hydrogen-bond donors (Lipinski definition) is 1. The van der Waals surface area contributed by atoms with E-state index in [0.29, 0.717) is 10.0 Å². The van der Waals surface area contributed by atoms with Crippen molar-refractivity contribution < 1.29 is 22.3 Å². The zero-order chi connectivity index (χ0) is 17.2. The van der Waals surface area contributed by atoms with Crippen molar-refractivity contribution in [3.63, 3.8) is 0 Å². The van der Waals surface area contributed by atoms with E-state index in [-0.39, 0.29) is 22.1 Å². The van der Waals surface area contributed by atoms with E-state index in [4.69, 9.17) is 9.47 Å². The summed E-state index contributed by atoms with van der Waals surface area (Å²) in [4.78, 5) is 0.0565. The van der Waals surface area contributed by atoms with Gasteiger partial charge in [-0.1, -0.05) is 22.0 Å². The largest absolute Gasteiger partial charge is 0.493 e. The van der Waals surface area contributed by atoms with E-state index in [1.807, 2.05) is 0 Å². The summed E-state index contributed by atoms with van der Waals surface area (Å²) in [6.45, 7) is 1.66. The molecule has 0 atom stereocenters. The van der Waals surface area contributed by atoms with E-state index >= 15 is 0 Å². The summed E-state index contributed by atoms with van der Waals surface area (Å²) in [5.41, 5.74) is 0.323. The molecular formula is C15H15BrFNO4S. The molecule has 0 aromatic heterocycles. The molecule has 8 heteroatoms. The molecule has 0 aliphatic heterocycles. The smallest absolute Gasteiger partial charge is 0.262 e. The molecule has 0 saturated heterocycles. The van der Waals surface area contributed by atoms with Crippen LogP contribution in [0.4, 0.5) is 10.1 Å². The Morgan fingerprint density at radius 2 is 1.70 bits per heavy atom. The van der Waals surface area contributed by atoms with Crippen LogP contribution < -0.4 is 14.2 Å². The second kappa shape index (κ2) is 6.76. The van der Waals surface area contributed by atoms with Gasteiger partial charge in [-0.2, -0.15) is 0 Å². The van der Waals surface area contributed by atoms with Gasteiger partial charge < -0.3 is 9.47 Å². The molecule has 2 aromatic carbocycles. The van der Waals surface area contributed by atoms with Gasteiger partial charge in [0.15, 0.2) is 17.3 Å². The fourth-order valence-corrected chi connectivity index (χ4v) is 3.84. The zero-order valence-corrected chi connectivity index (χ0v) is 15.1. The van der Waals surface area contributed by atoms with Gasteiger partial charge in [-0.05, 0) is 24.6 Å². The number of ether oxygens (including phenoxy) is 2. The molecule has 5 nitrogen and oxygen atoms in total. The normalized spacial score (nSPS) is 11.2.